The lowest BCUT2D eigenvalue weighted by molar-refractivity contribution is 0.0933. The van der Waals surface area contributed by atoms with Gasteiger partial charge in [-0.3, -0.25) is 4.79 Å². The molecule has 2 N–H and O–H groups in total. The Morgan fingerprint density at radius 3 is 2.48 bits per heavy atom. The second-order valence-corrected chi connectivity index (χ2v) is 5.51. The van der Waals surface area contributed by atoms with Crippen molar-refractivity contribution in [3.05, 3.63) is 65.2 Å². The maximum absolute atomic E-state index is 12.3. The van der Waals surface area contributed by atoms with E-state index in [4.69, 9.17) is 0 Å². The van der Waals surface area contributed by atoms with Gasteiger partial charge < -0.3 is 10.6 Å². The molecule has 2 aromatic rings. The fraction of sp³-hybridized carbons (Fsp3) is 0.278. The number of aryl methyl sites for hydroxylation is 1. The molecule has 108 valence electrons. The number of hydrogen-bond acceptors (Lipinski definition) is 2. The zero-order chi connectivity index (χ0) is 14.7. The van der Waals surface area contributed by atoms with Crippen molar-refractivity contribution in [3.8, 4) is 0 Å². The molecule has 0 aromatic heterocycles. The van der Waals surface area contributed by atoms with Crippen LogP contribution < -0.4 is 10.6 Å². The van der Waals surface area contributed by atoms with E-state index < -0.39 is 0 Å². The molecule has 1 amide bonds. The maximum Gasteiger partial charge on any atom is 0.251 e. The van der Waals surface area contributed by atoms with Crippen LogP contribution in [0.25, 0.3) is 0 Å². The van der Waals surface area contributed by atoms with Gasteiger partial charge in [0.1, 0.15) is 0 Å². The van der Waals surface area contributed by atoms with Gasteiger partial charge in [-0.1, -0.05) is 24.3 Å². The Balaban J connectivity index is 1.65. The summed E-state index contributed by atoms with van der Waals surface area (Å²) in [5.74, 6) is 0.0158. The first-order chi connectivity index (χ1) is 10.3. The predicted molar refractivity (Wildman–Crippen MR) is 85.7 cm³/mol. The van der Waals surface area contributed by atoms with Crippen molar-refractivity contribution < 1.29 is 4.79 Å². The Bertz CT molecular complexity index is 634. The number of rotatable bonds is 3. The lowest BCUT2D eigenvalue weighted by atomic mass is 9.88. The molecule has 0 heterocycles. The van der Waals surface area contributed by atoms with Crippen LogP contribution in [0.5, 0.6) is 0 Å². The number of hydrogen-bond donors (Lipinski definition) is 2. The van der Waals surface area contributed by atoms with Gasteiger partial charge in [0.05, 0.1) is 0 Å². The van der Waals surface area contributed by atoms with Crippen LogP contribution in [0.3, 0.4) is 0 Å². The first kappa shape index (κ1) is 13.7. The van der Waals surface area contributed by atoms with Crippen LogP contribution in [-0.4, -0.2) is 19.0 Å². The second kappa shape index (κ2) is 6.00. The zero-order valence-corrected chi connectivity index (χ0v) is 12.2. The van der Waals surface area contributed by atoms with Crippen molar-refractivity contribution >= 4 is 11.6 Å². The van der Waals surface area contributed by atoms with Gasteiger partial charge in [-0.05, 0) is 54.7 Å². The second-order valence-electron chi connectivity index (χ2n) is 5.51. The molecule has 3 nitrogen and oxygen atoms in total. The minimum absolute atomic E-state index is 0.0158. The molecule has 0 saturated carbocycles. The number of nitrogens with one attached hydrogen (secondary N) is 2. The van der Waals surface area contributed by atoms with E-state index in [-0.39, 0.29) is 11.9 Å². The van der Waals surface area contributed by atoms with Gasteiger partial charge in [0.25, 0.3) is 5.91 Å². The lowest BCUT2D eigenvalue weighted by Gasteiger charge is -2.25. The summed E-state index contributed by atoms with van der Waals surface area (Å²) in [6.45, 7) is 0. The Morgan fingerprint density at radius 1 is 1.05 bits per heavy atom. The monoisotopic (exact) mass is 280 g/mol. The minimum atomic E-state index is 0.0158. The molecule has 1 atom stereocenters. The lowest BCUT2D eigenvalue weighted by Crippen LogP contribution is -2.38. The van der Waals surface area contributed by atoms with E-state index in [9.17, 15) is 4.79 Å². The molecule has 0 fully saturated rings. The third-order valence-corrected chi connectivity index (χ3v) is 4.12. The molecule has 21 heavy (non-hydrogen) atoms. The summed E-state index contributed by atoms with van der Waals surface area (Å²) in [5, 5.41) is 6.21. The first-order valence-corrected chi connectivity index (χ1v) is 7.42. The normalized spacial score (nSPS) is 16.9. The summed E-state index contributed by atoms with van der Waals surface area (Å²) in [6, 6.07) is 16.3. The Hall–Kier alpha value is -2.29. The summed E-state index contributed by atoms with van der Waals surface area (Å²) in [7, 11) is 1.87. The molecule has 0 bridgehead atoms. The van der Waals surface area contributed by atoms with Gasteiger partial charge in [-0.15, -0.1) is 0 Å². The highest BCUT2D eigenvalue weighted by Crippen LogP contribution is 2.21. The van der Waals surface area contributed by atoms with E-state index >= 15 is 0 Å². The van der Waals surface area contributed by atoms with Crippen molar-refractivity contribution in [2.24, 2.45) is 0 Å². The molecule has 1 aliphatic carbocycles. The number of benzene rings is 2. The van der Waals surface area contributed by atoms with E-state index in [0.717, 1.165) is 24.9 Å². The molecule has 1 aliphatic rings. The van der Waals surface area contributed by atoms with Crippen LogP contribution in [0.4, 0.5) is 5.69 Å². The van der Waals surface area contributed by atoms with Gasteiger partial charge in [0.15, 0.2) is 0 Å². The smallest absolute Gasteiger partial charge is 0.251 e. The van der Waals surface area contributed by atoms with Gasteiger partial charge in [0.2, 0.25) is 0 Å². The van der Waals surface area contributed by atoms with Crippen molar-refractivity contribution in [1.29, 1.82) is 0 Å². The summed E-state index contributed by atoms with van der Waals surface area (Å²) < 4.78 is 0. The standard InChI is InChI=1S/C18H20N2O/c1-19-16-9-7-14(8-10-16)18(21)20-17-11-6-13-4-2-3-5-15(13)12-17/h2-5,7-10,17,19H,6,11-12H2,1H3,(H,20,21). The van der Waals surface area contributed by atoms with E-state index in [0.29, 0.717) is 5.56 Å². The summed E-state index contributed by atoms with van der Waals surface area (Å²) in [5.41, 5.74) is 4.51. The predicted octanol–water partition coefficient (Wildman–Crippen LogP) is 3.02. The summed E-state index contributed by atoms with van der Waals surface area (Å²) in [4.78, 5) is 12.3. The minimum Gasteiger partial charge on any atom is -0.388 e. The average Bonchev–Trinajstić information content (AvgIpc) is 2.55. The zero-order valence-electron chi connectivity index (χ0n) is 12.2. The fourth-order valence-corrected chi connectivity index (χ4v) is 2.88. The topological polar surface area (TPSA) is 41.1 Å². The number of amides is 1. The maximum atomic E-state index is 12.3. The molecule has 0 saturated heterocycles. The first-order valence-electron chi connectivity index (χ1n) is 7.42. The Morgan fingerprint density at radius 2 is 1.76 bits per heavy atom. The van der Waals surface area contributed by atoms with Crippen molar-refractivity contribution in [2.75, 3.05) is 12.4 Å². The summed E-state index contributed by atoms with van der Waals surface area (Å²) >= 11 is 0. The molecule has 0 aliphatic heterocycles. The quantitative estimate of drug-likeness (QED) is 0.907. The van der Waals surface area contributed by atoms with Crippen LogP contribution in [-0.2, 0) is 12.8 Å². The van der Waals surface area contributed by atoms with E-state index in [1.807, 2.05) is 31.3 Å². The van der Waals surface area contributed by atoms with Crippen molar-refractivity contribution in [1.82, 2.24) is 5.32 Å². The Labute approximate surface area is 125 Å². The van der Waals surface area contributed by atoms with E-state index in [1.54, 1.807) is 0 Å². The highest BCUT2D eigenvalue weighted by atomic mass is 16.1. The SMILES string of the molecule is CNc1ccc(C(=O)NC2CCc3ccccc3C2)cc1. The summed E-state index contributed by atoms with van der Waals surface area (Å²) in [6.07, 6.45) is 2.98. The van der Waals surface area contributed by atoms with Crippen LogP contribution in [0.2, 0.25) is 0 Å². The van der Waals surface area contributed by atoms with E-state index in [1.165, 1.54) is 11.1 Å². The van der Waals surface area contributed by atoms with Gasteiger partial charge >= 0.3 is 0 Å². The van der Waals surface area contributed by atoms with Crippen molar-refractivity contribution in [2.45, 2.75) is 25.3 Å². The molecule has 1 unspecified atom stereocenters. The third kappa shape index (κ3) is 3.07. The number of fused-ring (bicyclic) bond motifs is 1. The Kier molecular flexibility index (Phi) is 3.91. The van der Waals surface area contributed by atoms with Crippen LogP contribution in [0.15, 0.2) is 48.5 Å². The largest absolute Gasteiger partial charge is 0.388 e. The molecular weight excluding hydrogens is 260 g/mol. The highest BCUT2D eigenvalue weighted by molar-refractivity contribution is 5.94. The molecule has 0 radical (unpaired) electrons. The van der Waals surface area contributed by atoms with Crippen molar-refractivity contribution in [3.63, 3.8) is 0 Å². The van der Waals surface area contributed by atoms with Crippen LogP contribution >= 0.6 is 0 Å². The fourth-order valence-electron chi connectivity index (χ4n) is 2.88. The highest BCUT2D eigenvalue weighted by Gasteiger charge is 2.20. The van der Waals surface area contributed by atoms with Gasteiger partial charge in [-0.2, -0.15) is 0 Å². The number of anilines is 1. The van der Waals surface area contributed by atoms with E-state index in [2.05, 4.69) is 34.9 Å². The molecular formula is C18H20N2O. The molecule has 0 spiro atoms. The van der Waals surface area contributed by atoms with Crippen LogP contribution in [0, 0.1) is 0 Å². The number of carbonyl (C=O) groups excluding carboxylic acids is 1. The third-order valence-electron chi connectivity index (χ3n) is 4.12. The number of carbonyl (C=O) groups is 1. The molecule has 2 aromatic carbocycles. The van der Waals surface area contributed by atoms with Gasteiger partial charge in [-0.25, -0.2) is 0 Å². The molecule has 3 heteroatoms. The van der Waals surface area contributed by atoms with Crippen LogP contribution in [0.1, 0.15) is 27.9 Å². The van der Waals surface area contributed by atoms with Gasteiger partial charge in [0, 0.05) is 24.3 Å². The molecule has 3 rings (SSSR count). The average molecular weight is 280 g/mol.